The Balaban J connectivity index is 1.90. The summed E-state index contributed by atoms with van der Waals surface area (Å²) in [5.74, 6) is 0.642. The van der Waals surface area contributed by atoms with Gasteiger partial charge in [0.1, 0.15) is 0 Å². The number of hydrogen-bond donors (Lipinski definition) is 1. The largest absolute Gasteiger partial charge is 0.303 e. The molecule has 1 aliphatic heterocycles. The van der Waals surface area contributed by atoms with Crippen molar-refractivity contribution in [3.05, 3.63) is 0 Å². The van der Waals surface area contributed by atoms with E-state index in [1.54, 1.807) is 7.05 Å². The van der Waals surface area contributed by atoms with Crippen LogP contribution in [0, 0.1) is 5.92 Å². The van der Waals surface area contributed by atoms with Crippen molar-refractivity contribution in [2.45, 2.75) is 57.5 Å². The molecule has 17 heavy (non-hydrogen) atoms. The minimum absolute atomic E-state index is 0.0509. The summed E-state index contributed by atoms with van der Waals surface area (Å²) in [6.45, 7) is 2.27. The molecule has 3 atom stereocenters. The molecule has 4 heteroatoms. The average Bonchev–Trinajstić information content (AvgIpc) is 2.30. The highest BCUT2D eigenvalue weighted by Crippen LogP contribution is 2.24. The molecule has 1 saturated heterocycles. The molecule has 0 aromatic heterocycles. The summed E-state index contributed by atoms with van der Waals surface area (Å²) in [4.78, 5) is 24.6. The topological polar surface area (TPSA) is 49.4 Å². The summed E-state index contributed by atoms with van der Waals surface area (Å²) in [6, 6.07) is 0.308. The van der Waals surface area contributed by atoms with Gasteiger partial charge in [-0.15, -0.1) is 0 Å². The molecule has 96 valence electrons. The molecule has 0 radical (unpaired) electrons. The van der Waals surface area contributed by atoms with E-state index >= 15 is 0 Å². The molecule has 0 aromatic rings. The second kappa shape index (κ2) is 5.17. The normalized spacial score (nSPS) is 35.2. The van der Waals surface area contributed by atoms with Crippen molar-refractivity contribution in [2.24, 2.45) is 5.92 Å². The van der Waals surface area contributed by atoms with Crippen LogP contribution in [0.3, 0.4) is 0 Å². The van der Waals surface area contributed by atoms with Gasteiger partial charge in [0.25, 0.3) is 0 Å². The van der Waals surface area contributed by atoms with Crippen LogP contribution in [0.4, 0.5) is 0 Å². The maximum absolute atomic E-state index is 11.9. The number of carbonyl (C=O) groups excluding carboxylic acids is 2. The Kier molecular flexibility index (Phi) is 3.82. The highest BCUT2D eigenvalue weighted by Gasteiger charge is 2.33. The van der Waals surface area contributed by atoms with E-state index in [4.69, 9.17) is 0 Å². The Morgan fingerprint density at radius 1 is 1.24 bits per heavy atom. The molecule has 2 amide bonds. The summed E-state index contributed by atoms with van der Waals surface area (Å²) < 4.78 is 0. The minimum Gasteiger partial charge on any atom is -0.303 e. The van der Waals surface area contributed by atoms with E-state index in [-0.39, 0.29) is 17.9 Å². The monoisotopic (exact) mass is 238 g/mol. The molecular weight excluding hydrogens is 216 g/mol. The van der Waals surface area contributed by atoms with Crippen molar-refractivity contribution in [3.63, 3.8) is 0 Å². The van der Waals surface area contributed by atoms with Gasteiger partial charge >= 0.3 is 0 Å². The molecule has 4 nitrogen and oxygen atoms in total. The van der Waals surface area contributed by atoms with E-state index in [0.29, 0.717) is 18.9 Å². The van der Waals surface area contributed by atoms with Crippen LogP contribution in [-0.4, -0.2) is 35.8 Å². The molecule has 0 aromatic carbocycles. The molecule has 2 aliphatic rings. The maximum Gasteiger partial charge on any atom is 0.246 e. The number of carbonyl (C=O) groups is 2. The van der Waals surface area contributed by atoms with E-state index in [0.717, 1.165) is 18.8 Å². The number of hydrogen-bond acceptors (Lipinski definition) is 3. The standard InChI is InChI=1S/C13H22N2O2/c1-9-4-3-5-10(8-9)14-11-6-7-12(16)15(2)13(11)17/h9-11,14H,3-8H2,1-2H3. The zero-order valence-electron chi connectivity index (χ0n) is 10.7. The highest BCUT2D eigenvalue weighted by molar-refractivity contribution is 6.00. The fraction of sp³-hybridized carbons (Fsp3) is 0.846. The Morgan fingerprint density at radius 3 is 2.71 bits per heavy atom. The lowest BCUT2D eigenvalue weighted by molar-refractivity contribution is -0.148. The van der Waals surface area contributed by atoms with Gasteiger partial charge in [-0.1, -0.05) is 19.8 Å². The molecule has 0 spiro atoms. The number of nitrogens with zero attached hydrogens (tertiary/aromatic N) is 1. The summed E-state index contributed by atoms with van der Waals surface area (Å²) in [6.07, 6.45) is 6.01. The molecular formula is C13H22N2O2. The molecule has 1 N–H and O–H groups in total. The van der Waals surface area contributed by atoms with E-state index in [9.17, 15) is 9.59 Å². The van der Waals surface area contributed by atoms with Gasteiger partial charge in [0.05, 0.1) is 6.04 Å². The van der Waals surface area contributed by atoms with Crippen molar-refractivity contribution >= 4 is 11.8 Å². The van der Waals surface area contributed by atoms with Crippen molar-refractivity contribution in [1.29, 1.82) is 0 Å². The van der Waals surface area contributed by atoms with Crippen LogP contribution in [-0.2, 0) is 9.59 Å². The quantitative estimate of drug-likeness (QED) is 0.738. The van der Waals surface area contributed by atoms with Crippen LogP contribution in [0.2, 0.25) is 0 Å². The molecule has 2 fully saturated rings. The number of amides is 2. The summed E-state index contributed by atoms with van der Waals surface area (Å²) in [5, 5.41) is 3.45. The smallest absolute Gasteiger partial charge is 0.246 e. The van der Waals surface area contributed by atoms with Crippen molar-refractivity contribution in [2.75, 3.05) is 7.05 Å². The van der Waals surface area contributed by atoms with Crippen LogP contribution in [0.5, 0.6) is 0 Å². The van der Waals surface area contributed by atoms with Gasteiger partial charge in [0.2, 0.25) is 11.8 Å². The average molecular weight is 238 g/mol. The number of rotatable bonds is 2. The van der Waals surface area contributed by atoms with Gasteiger partial charge in [0, 0.05) is 19.5 Å². The Morgan fingerprint density at radius 2 is 2.00 bits per heavy atom. The third kappa shape index (κ3) is 2.86. The summed E-state index contributed by atoms with van der Waals surface area (Å²) in [5.41, 5.74) is 0. The van der Waals surface area contributed by atoms with Crippen molar-refractivity contribution in [1.82, 2.24) is 10.2 Å². The predicted octanol–water partition coefficient (Wildman–Crippen LogP) is 1.30. The number of imide groups is 1. The molecule has 3 unspecified atom stereocenters. The fourth-order valence-electron chi connectivity index (χ4n) is 2.94. The van der Waals surface area contributed by atoms with Gasteiger partial charge in [-0.3, -0.25) is 14.5 Å². The Hall–Kier alpha value is -0.900. The zero-order chi connectivity index (χ0) is 12.4. The maximum atomic E-state index is 11.9. The van der Waals surface area contributed by atoms with Gasteiger partial charge < -0.3 is 5.32 Å². The lowest BCUT2D eigenvalue weighted by atomic mass is 9.86. The van der Waals surface area contributed by atoms with Crippen LogP contribution >= 0.6 is 0 Å². The van der Waals surface area contributed by atoms with Gasteiger partial charge in [-0.2, -0.15) is 0 Å². The molecule has 0 bridgehead atoms. The first-order valence-electron chi connectivity index (χ1n) is 6.64. The number of likely N-dealkylation sites (tertiary alicyclic amines) is 1. The first-order valence-corrected chi connectivity index (χ1v) is 6.64. The number of nitrogens with one attached hydrogen (secondary N) is 1. The van der Waals surface area contributed by atoms with E-state index in [1.165, 1.54) is 17.7 Å². The number of likely N-dealkylation sites (N-methyl/N-ethyl adjacent to an activating group) is 1. The third-order valence-electron chi connectivity index (χ3n) is 4.02. The van der Waals surface area contributed by atoms with Gasteiger partial charge in [-0.25, -0.2) is 0 Å². The second-order valence-electron chi connectivity index (χ2n) is 5.52. The van der Waals surface area contributed by atoms with Gasteiger partial charge in [0.15, 0.2) is 0 Å². The van der Waals surface area contributed by atoms with E-state index < -0.39 is 0 Å². The minimum atomic E-state index is -0.145. The molecule has 1 aliphatic carbocycles. The zero-order valence-corrected chi connectivity index (χ0v) is 10.7. The SMILES string of the molecule is CC1CCCC(NC2CCC(=O)N(C)C2=O)C1. The summed E-state index contributed by atoms with van der Waals surface area (Å²) in [7, 11) is 1.59. The number of piperidine rings is 1. The lowest BCUT2D eigenvalue weighted by Gasteiger charge is -2.34. The summed E-state index contributed by atoms with van der Waals surface area (Å²) >= 11 is 0. The predicted molar refractivity (Wildman–Crippen MR) is 65.4 cm³/mol. The Bertz CT molecular complexity index is 317. The van der Waals surface area contributed by atoms with Crippen LogP contribution < -0.4 is 5.32 Å². The van der Waals surface area contributed by atoms with E-state index in [1.807, 2.05) is 0 Å². The Labute approximate surface area is 103 Å². The van der Waals surface area contributed by atoms with Crippen molar-refractivity contribution < 1.29 is 9.59 Å². The lowest BCUT2D eigenvalue weighted by Crippen LogP contribution is -2.54. The second-order valence-corrected chi connectivity index (χ2v) is 5.52. The van der Waals surface area contributed by atoms with E-state index in [2.05, 4.69) is 12.2 Å². The molecule has 2 rings (SSSR count). The molecule has 1 saturated carbocycles. The first kappa shape index (κ1) is 12.6. The van der Waals surface area contributed by atoms with Gasteiger partial charge in [-0.05, 0) is 25.2 Å². The van der Waals surface area contributed by atoms with Crippen LogP contribution in [0.1, 0.15) is 45.4 Å². The highest BCUT2D eigenvalue weighted by atomic mass is 16.2. The van der Waals surface area contributed by atoms with Crippen LogP contribution in [0.25, 0.3) is 0 Å². The third-order valence-corrected chi connectivity index (χ3v) is 4.02. The fourth-order valence-corrected chi connectivity index (χ4v) is 2.94. The van der Waals surface area contributed by atoms with Crippen molar-refractivity contribution in [3.8, 4) is 0 Å². The van der Waals surface area contributed by atoms with Crippen LogP contribution in [0.15, 0.2) is 0 Å². The first-order chi connectivity index (χ1) is 8.08. The molecule has 1 heterocycles.